The first-order valence-electron chi connectivity index (χ1n) is 3.92. The van der Waals surface area contributed by atoms with Gasteiger partial charge in [-0.1, -0.05) is 15.9 Å². The molecular weight excluding hydrogens is 248 g/mol. The van der Waals surface area contributed by atoms with E-state index in [1.165, 1.54) is 6.92 Å². The topological polar surface area (TPSA) is 58.2 Å². The van der Waals surface area contributed by atoms with E-state index in [2.05, 4.69) is 26.6 Å². The number of urea groups is 1. The smallest absolute Gasteiger partial charge is 0.308 e. The fraction of sp³-hybridized carbons (Fsp3) is 0.111. The zero-order chi connectivity index (χ0) is 10.6. The highest BCUT2D eigenvalue weighted by Gasteiger charge is 2.02. The van der Waals surface area contributed by atoms with Crippen molar-refractivity contribution in [1.82, 2.24) is 5.32 Å². The van der Waals surface area contributed by atoms with Gasteiger partial charge in [-0.2, -0.15) is 0 Å². The fourth-order valence-corrected chi connectivity index (χ4v) is 1.12. The molecule has 0 aliphatic rings. The lowest BCUT2D eigenvalue weighted by atomic mass is 10.3. The Morgan fingerprint density at radius 3 is 2.29 bits per heavy atom. The van der Waals surface area contributed by atoms with Gasteiger partial charge in [-0.05, 0) is 24.3 Å². The van der Waals surface area contributed by atoms with E-state index in [4.69, 9.17) is 0 Å². The van der Waals surface area contributed by atoms with E-state index in [0.29, 0.717) is 5.69 Å². The molecule has 0 radical (unpaired) electrons. The molecule has 0 saturated heterocycles. The summed E-state index contributed by atoms with van der Waals surface area (Å²) in [4.78, 5) is 21.6. The van der Waals surface area contributed by atoms with Gasteiger partial charge in [0, 0.05) is 17.1 Å². The number of hydrogen-bond acceptors (Lipinski definition) is 2. The molecule has 4 nitrogen and oxygen atoms in total. The van der Waals surface area contributed by atoms with Gasteiger partial charge >= 0.3 is 6.03 Å². The maximum absolute atomic E-state index is 11.1. The summed E-state index contributed by atoms with van der Waals surface area (Å²) in [6.45, 7) is 1.28. The third-order valence-corrected chi connectivity index (χ3v) is 1.92. The maximum atomic E-state index is 11.1. The Hall–Kier alpha value is -1.36. The highest BCUT2D eigenvalue weighted by atomic mass is 79.9. The number of anilines is 1. The molecule has 3 amide bonds. The molecule has 1 aromatic rings. The summed E-state index contributed by atoms with van der Waals surface area (Å²) in [6, 6.07) is 6.51. The molecular formula is C9H9BrN2O2. The Bertz CT molecular complexity index is 348. The van der Waals surface area contributed by atoms with Crippen molar-refractivity contribution in [2.24, 2.45) is 0 Å². The van der Waals surface area contributed by atoms with Crippen molar-refractivity contribution < 1.29 is 9.59 Å². The number of imide groups is 1. The molecule has 1 aromatic carbocycles. The number of hydrogen-bond donors (Lipinski definition) is 2. The number of nitrogens with one attached hydrogen (secondary N) is 2. The minimum atomic E-state index is -0.528. The lowest BCUT2D eigenvalue weighted by Gasteiger charge is -2.04. The summed E-state index contributed by atoms with van der Waals surface area (Å²) in [5.41, 5.74) is 0.631. The molecule has 0 aromatic heterocycles. The van der Waals surface area contributed by atoms with Gasteiger partial charge in [0.25, 0.3) is 0 Å². The van der Waals surface area contributed by atoms with E-state index in [0.717, 1.165) is 4.47 Å². The second-order valence-electron chi connectivity index (χ2n) is 2.64. The number of rotatable bonds is 1. The number of halogens is 1. The summed E-state index contributed by atoms with van der Waals surface area (Å²) in [5.74, 6) is -0.389. The zero-order valence-corrected chi connectivity index (χ0v) is 9.09. The second kappa shape index (κ2) is 4.76. The van der Waals surface area contributed by atoms with Crippen LogP contribution in [0.15, 0.2) is 28.7 Å². The molecule has 0 bridgehead atoms. The van der Waals surface area contributed by atoms with Crippen molar-refractivity contribution in [1.29, 1.82) is 0 Å². The molecule has 0 unspecified atom stereocenters. The largest absolute Gasteiger partial charge is 0.325 e. The lowest BCUT2D eigenvalue weighted by Crippen LogP contribution is -2.32. The molecule has 0 saturated carbocycles. The monoisotopic (exact) mass is 256 g/mol. The summed E-state index contributed by atoms with van der Waals surface area (Å²) < 4.78 is 0.926. The van der Waals surface area contributed by atoms with Crippen LogP contribution in [0.3, 0.4) is 0 Å². The normalized spacial score (nSPS) is 9.29. The van der Waals surface area contributed by atoms with Gasteiger partial charge in [-0.3, -0.25) is 10.1 Å². The summed E-state index contributed by atoms with van der Waals surface area (Å²) in [6.07, 6.45) is 0. The third kappa shape index (κ3) is 3.57. The first-order valence-corrected chi connectivity index (χ1v) is 4.71. The molecule has 0 spiro atoms. The third-order valence-electron chi connectivity index (χ3n) is 1.39. The molecule has 0 atom stereocenters. The maximum Gasteiger partial charge on any atom is 0.325 e. The van der Waals surface area contributed by atoms with Crippen molar-refractivity contribution in [3.63, 3.8) is 0 Å². The van der Waals surface area contributed by atoms with Crippen molar-refractivity contribution in [2.45, 2.75) is 6.92 Å². The van der Waals surface area contributed by atoms with E-state index in [1.54, 1.807) is 24.3 Å². The fourth-order valence-electron chi connectivity index (χ4n) is 0.855. The van der Waals surface area contributed by atoms with Crippen molar-refractivity contribution >= 4 is 33.6 Å². The van der Waals surface area contributed by atoms with Gasteiger partial charge in [0.05, 0.1) is 0 Å². The van der Waals surface area contributed by atoms with E-state index >= 15 is 0 Å². The highest BCUT2D eigenvalue weighted by molar-refractivity contribution is 9.10. The van der Waals surface area contributed by atoms with Gasteiger partial charge in [-0.25, -0.2) is 4.79 Å². The van der Waals surface area contributed by atoms with Gasteiger partial charge in [-0.15, -0.1) is 0 Å². The Morgan fingerprint density at radius 2 is 1.79 bits per heavy atom. The first-order chi connectivity index (χ1) is 6.58. The highest BCUT2D eigenvalue weighted by Crippen LogP contribution is 2.13. The summed E-state index contributed by atoms with van der Waals surface area (Å²) in [5, 5.41) is 4.61. The quantitative estimate of drug-likeness (QED) is 0.809. The summed E-state index contributed by atoms with van der Waals surface area (Å²) in [7, 11) is 0. The van der Waals surface area contributed by atoms with Crippen LogP contribution in [-0.4, -0.2) is 11.9 Å². The van der Waals surface area contributed by atoms with E-state index in [1.807, 2.05) is 0 Å². The summed E-state index contributed by atoms with van der Waals surface area (Å²) >= 11 is 3.27. The van der Waals surface area contributed by atoms with Crippen LogP contribution >= 0.6 is 15.9 Å². The number of carbonyl (C=O) groups excluding carboxylic acids is 2. The zero-order valence-electron chi connectivity index (χ0n) is 7.50. The predicted octanol–water partition coefficient (Wildman–Crippen LogP) is 2.12. The predicted molar refractivity (Wildman–Crippen MR) is 57.0 cm³/mol. The standard InChI is InChI=1S/C9H9BrN2O2/c1-6(13)11-9(14)12-8-4-2-7(10)3-5-8/h2-5H,1H3,(H2,11,12,13,14). The van der Waals surface area contributed by atoms with Gasteiger partial charge in [0.15, 0.2) is 0 Å². The molecule has 74 valence electrons. The molecule has 0 aliphatic carbocycles. The minimum Gasteiger partial charge on any atom is -0.308 e. The molecule has 0 heterocycles. The van der Waals surface area contributed by atoms with Crippen molar-refractivity contribution in [2.75, 3.05) is 5.32 Å². The Morgan fingerprint density at radius 1 is 1.21 bits per heavy atom. The minimum absolute atomic E-state index is 0.389. The molecule has 5 heteroatoms. The number of carbonyl (C=O) groups is 2. The van der Waals surface area contributed by atoms with E-state index in [9.17, 15) is 9.59 Å². The molecule has 0 aliphatic heterocycles. The van der Waals surface area contributed by atoms with Crippen LogP contribution in [0.2, 0.25) is 0 Å². The number of benzene rings is 1. The molecule has 2 N–H and O–H groups in total. The van der Waals surface area contributed by atoms with Crippen LogP contribution in [-0.2, 0) is 4.79 Å². The Labute approximate surface area is 89.8 Å². The van der Waals surface area contributed by atoms with Crippen LogP contribution in [0.5, 0.6) is 0 Å². The van der Waals surface area contributed by atoms with E-state index in [-0.39, 0.29) is 5.91 Å². The number of amides is 3. The lowest BCUT2D eigenvalue weighted by molar-refractivity contribution is -0.117. The van der Waals surface area contributed by atoms with Gasteiger partial charge < -0.3 is 5.32 Å². The Kier molecular flexibility index (Phi) is 3.64. The van der Waals surface area contributed by atoms with Crippen LogP contribution in [0.25, 0.3) is 0 Å². The molecule has 1 rings (SSSR count). The van der Waals surface area contributed by atoms with Crippen molar-refractivity contribution in [3.8, 4) is 0 Å². The van der Waals surface area contributed by atoms with Crippen LogP contribution in [0.1, 0.15) is 6.92 Å². The first kappa shape index (κ1) is 10.7. The average molecular weight is 257 g/mol. The van der Waals surface area contributed by atoms with Crippen LogP contribution < -0.4 is 10.6 Å². The van der Waals surface area contributed by atoms with Gasteiger partial charge in [0.2, 0.25) is 5.91 Å². The Balaban J connectivity index is 2.56. The van der Waals surface area contributed by atoms with E-state index < -0.39 is 6.03 Å². The molecule has 0 fully saturated rings. The van der Waals surface area contributed by atoms with Gasteiger partial charge in [0.1, 0.15) is 0 Å². The average Bonchev–Trinajstić information content (AvgIpc) is 2.07. The molecule has 14 heavy (non-hydrogen) atoms. The van der Waals surface area contributed by atoms with Crippen molar-refractivity contribution in [3.05, 3.63) is 28.7 Å². The van der Waals surface area contributed by atoms with Crippen LogP contribution in [0, 0.1) is 0 Å². The second-order valence-corrected chi connectivity index (χ2v) is 3.56. The SMILES string of the molecule is CC(=O)NC(=O)Nc1ccc(Br)cc1. The van der Waals surface area contributed by atoms with Crippen LogP contribution in [0.4, 0.5) is 10.5 Å².